The lowest BCUT2D eigenvalue weighted by molar-refractivity contribution is -0.178. The highest BCUT2D eigenvalue weighted by Gasteiger charge is 2.42. The lowest BCUT2D eigenvalue weighted by Crippen LogP contribution is -2.42. The third kappa shape index (κ3) is 3.77. The molecule has 0 aromatic carbocycles. The number of hydroxylamine groups is 1. The number of carbonyl (C=O) groups is 2. The maximum Gasteiger partial charge on any atom is 0.392 e. The predicted octanol–water partition coefficient (Wildman–Crippen LogP) is 2.43. The van der Waals surface area contributed by atoms with Crippen molar-refractivity contribution in [2.24, 2.45) is 11.8 Å². The Morgan fingerprint density at radius 1 is 1.38 bits per heavy atom. The molecule has 6 nitrogen and oxygen atoms in total. The van der Waals surface area contributed by atoms with Crippen LogP contribution in [0.4, 0.5) is 13.2 Å². The lowest BCUT2D eigenvalue weighted by Gasteiger charge is -2.36. The van der Waals surface area contributed by atoms with Gasteiger partial charge >= 0.3 is 6.18 Å². The molecule has 142 valence electrons. The van der Waals surface area contributed by atoms with Gasteiger partial charge in [-0.05, 0) is 31.3 Å². The van der Waals surface area contributed by atoms with E-state index in [-0.39, 0.29) is 37.5 Å². The molecule has 3 aliphatic rings. The summed E-state index contributed by atoms with van der Waals surface area (Å²) in [6.07, 6.45) is 0.991. The minimum absolute atomic E-state index is 0.0499. The topological polar surface area (TPSA) is 78.9 Å². The Hall–Kier alpha value is -2.29. The Bertz CT molecular complexity index is 697. The molecule has 2 atom stereocenters. The van der Waals surface area contributed by atoms with Crippen LogP contribution in [0.25, 0.3) is 0 Å². The first-order valence-electron chi connectivity index (χ1n) is 8.34. The summed E-state index contributed by atoms with van der Waals surface area (Å²) in [5, 5.41) is 8.78. The minimum Gasteiger partial charge on any atom is -0.486 e. The van der Waals surface area contributed by atoms with Crippen molar-refractivity contribution in [3.8, 4) is 0 Å². The molecule has 0 spiro atoms. The minimum atomic E-state index is -4.26. The van der Waals surface area contributed by atoms with Gasteiger partial charge in [0.2, 0.25) is 0 Å². The normalized spacial score (nSPS) is 26.2. The van der Waals surface area contributed by atoms with Gasteiger partial charge in [-0.25, -0.2) is 5.48 Å². The number of hydrogen-bond donors (Lipinski definition) is 2. The van der Waals surface area contributed by atoms with Gasteiger partial charge in [0.05, 0.1) is 11.6 Å². The molecule has 0 fully saturated rings. The molecule has 2 amide bonds. The van der Waals surface area contributed by atoms with Crippen LogP contribution in [-0.4, -0.2) is 41.2 Å². The number of halogens is 3. The maximum absolute atomic E-state index is 13.0. The Morgan fingerprint density at radius 2 is 2.15 bits per heavy atom. The second kappa shape index (κ2) is 7.14. The smallest absolute Gasteiger partial charge is 0.392 e. The van der Waals surface area contributed by atoms with E-state index in [2.05, 4.69) is 0 Å². The van der Waals surface area contributed by atoms with E-state index in [0.29, 0.717) is 24.3 Å². The summed E-state index contributed by atoms with van der Waals surface area (Å²) < 4.78 is 44.4. The van der Waals surface area contributed by atoms with Gasteiger partial charge in [0.1, 0.15) is 5.76 Å². The Morgan fingerprint density at radius 3 is 2.85 bits per heavy atom. The van der Waals surface area contributed by atoms with Crippen LogP contribution in [0.2, 0.25) is 0 Å². The van der Waals surface area contributed by atoms with Crippen molar-refractivity contribution in [3.05, 3.63) is 35.3 Å². The first-order valence-corrected chi connectivity index (χ1v) is 8.34. The van der Waals surface area contributed by atoms with Crippen LogP contribution >= 0.6 is 0 Å². The lowest BCUT2D eigenvalue weighted by atomic mass is 9.85. The standard InChI is InChI=1S/C17H19F3N2O4/c18-17(19,20)12-3-1-2-10(6-12)8-22-13-7-11(16(24)21-25)4-5-14(13)26-9-15(22)23/h1-2,7,10,12,25H,3-6,8-9H2,(H,21,24). The van der Waals surface area contributed by atoms with Gasteiger partial charge in [-0.15, -0.1) is 0 Å². The van der Waals surface area contributed by atoms with E-state index in [1.54, 1.807) is 11.6 Å². The summed E-state index contributed by atoms with van der Waals surface area (Å²) in [5.74, 6) is -2.36. The summed E-state index contributed by atoms with van der Waals surface area (Å²) >= 11 is 0. The number of rotatable bonds is 3. The van der Waals surface area contributed by atoms with Crippen LogP contribution in [0.3, 0.4) is 0 Å². The number of carbonyl (C=O) groups excluding carboxylic acids is 2. The molecule has 1 heterocycles. The fourth-order valence-electron chi connectivity index (χ4n) is 3.49. The zero-order chi connectivity index (χ0) is 18.9. The van der Waals surface area contributed by atoms with Gasteiger partial charge in [-0.3, -0.25) is 14.8 Å². The SMILES string of the molecule is O=C(NO)C1=CC2=C(CC1)OCC(=O)N2CC1C=CCC(C(F)(F)F)C1. The molecule has 0 saturated heterocycles. The fourth-order valence-corrected chi connectivity index (χ4v) is 3.49. The van der Waals surface area contributed by atoms with E-state index in [1.165, 1.54) is 17.1 Å². The number of amides is 2. The Labute approximate surface area is 147 Å². The molecule has 0 radical (unpaired) electrons. The molecule has 26 heavy (non-hydrogen) atoms. The summed E-state index contributed by atoms with van der Waals surface area (Å²) in [6.45, 7) is -0.0814. The number of ether oxygens (including phenoxy) is 1. The van der Waals surface area contributed by atoms with E-state index in [4.69, 9.17) is 9.94 Å². The van der Waals surface area contributed by atoms with Gasteiger partial charge in [-0.2, -0.15) is 13.2 Å². The average molecular weight is 372 g/mol. The maximum atomic E-state index is 13.0. The molecule has 2 aliphatic carbocycles. The highest BCUT2D eigenvalue weighted by Crippen LogP contribution is 2.38. The third-order valence-corrected chi connectivity index (χ3v) is 4.87. The highest BCUT2D eigenvalue weighted by molar-refractivity contribution is 5.94. The van der Waals surface area contributed by atoms with Crippen LogP contribution in [0, 0.1) is 11.8 Å². The van der Waals surface area contributed by atoms with Crippen molar-refractivity contribution in [3.63, 3.8) is 0 Å². The Kier molecular flexibility index (Phi) is 5.08. The fraction of sp³-hybridized carbons (Fsp3) is 0.529. The third-order valence-electron chi connectivity index (χ3n) is 4.87. The molecular weight excluding hydrogens is 353 g/mol. The second-order valence-electron chi connectivity index (χ2n) is 6.61. The van der Waals surface area contributed by atoms with Crippen molar-refractivity contribution in [1.29, 1.82) is 0 Å². The summed E-state index contributed by atoms with van der Waals surface area (Å²) in [7, 11) is 0. The summed E-state index contributed by atoms with van der Waals surface area (Å²) in [5.41, 5.74) is 2.21. The van der Waals surface area contributed by atoms with Gasteiger partial charge < -0.3 is 9.64 Å². The summed E-state index contributed by atoms with van der Waals surface area (Å²) in [4.78, 5) is 25.3. The van der Waals surface area contributed by atoms with E-state index in [0.717, 1.165) is 0 Å². The molecule has 2 N–H and O–H groups in total. The van der Waals surface area contributed by atoms with Crippen LogP contribution in [0.15, 0.2) is 35.3 Å². The van der Waals surface area contributed by atoms with Crippen molar-refractivity contribution in [2.45, 2.75) is 31.9 Å². The molecule has 1 aliphatic heterocycles. The van der Waals surface area contributed by atoms with Crippen LogP contribution in [-0.2, 0) is 14.3 Å². The van der Waals surface area contributed by atoms with E-state index >= 15 is 0 Å². The van der Waals surface area contributed by atoms with E-state index < -0.39 is 23.9 Å². The predicted molar refractivity (Wildman–Crippen MR) is 83.3 cm³/mol. The first kappa shape index (κ1) is 18.5. The van der Waals surface area contributed by atoms with E-state index in [9.17, 15) is 22.8 Å². The van der Waals surface area contributed by atoms with Gasteiger partial charge in [0.25, 0.3) is 11.8 Å². The average Bonchev–Trinajstić information content (AvgIpc) is 2.62. The number of alkyl halides is 3. The van der Waals surface area contributed by atoms with Gasteiger partial charge in [-0.1, -0.05) is 12.2 Å². The Balaban J connectivity index is 1.81. The second-order valence-corrected chi connectivity index (χ2v) is 6.61. The molecule has 0 bridgehead atoms. The number of allylic oxidation sites excluding steroid dienone is 3. The molecule has 2 unspecified atom stereocenters. The molecule has 0 aromatic heterocycles. The summed E-state index contributed by atoms with van der Waals surface area (Å²) in [6, 6.07) is 0. The van der Waals surface area contributed by atoms with E-state index in [1.807, 2.05) is 0 Å². The number of hydrogen-bond acceptors (Lipinski definition) is 4. The van der Waals surface area contributed by atoms with Crippen LogP contribution in [0.1, 0.15) is 25.7 Å². The van der Waals surface area contributed by atoms with Crippen molar-refractivity contribution >= 4 is 11.8 Å². The van der Waals surface area contributed by atoms with Gasteiger partial charge in [0.15, 0.2) is 6.61 Å². The van der Waals surface area contributed by atoms with Crippen LogP contribution in [0.5, 0.6) is 0 Å². The monoisotopic (exact) mass is 372 g/mol. The molecule has 0 saturated carbocycles. The number of nitrogens with one attached hydrogen (secondary N) is 1. The zero-order valence-corrected chi connectivity index (χ0v) is 13.9. The van der Waals surface area contributed by atoms with Crippen molar-refractivity contribution in [2.75, 3.05) is 13.2 Å². The molecule has 9 heteroatoms. The van der Waals surface area contributed by atoms with Gasteiger partial charge in [0, 0.05) is 18.5 Å². The first-order chi connectivity index (χ1) is 12.3. The molecular formula is C17H19F3N2O4. The van der Waals surface area contributed by atoms with Crippen molar-refractivity contribution in [1.82, 2.24) is 10.4 Å². The quantitative estimate of drug-likeness (QED) is 0.453. The highest BCUT2D eigenvalue weighted by atomic mass is 19.4. The molecule has 3 rings (SSSR count). The van der Waals surface area contributed by atoms with Crippen molar-refractivity contribution < 1.29 is 32.7 Å². The molecule has 0 aromatic rings. The van der Waals surface area contributed by atoms with Crippen LogP contribution < -0.4 is 5.48 Å². The largest absolute Gasteiger partial charge is 0.486 e. The number of nitrogens with zero attached hydrogens (tertiary/aromatic N) is 1. The zero-order valence-electron chi connectivity index (χ0n) is 13.9.